The van der Waals surface area contributed by atoms with E-state index >= 15 is 0 Å². The van der Waals surface area contributed by atoms with Gasteiger partial charge in [0, 0.05) is 32.8 Å². The Balaban J connectivity index is 1.90. The zero-order chi connectivity index (χ0) is 12.1. The predicted molar refractivity (Wildman–Crippen MR) is 66.1 cm³/mol. The molecule has 0 atom stereocenters. The lowest BCUT2D eigenvalue weighted by molar-refractivity contribution is 0.0831. The number of methoxy groups -OCH3 is 1. The Morgan fingerprint density at radius 3 is 2.82 bits per heavy atom. The molecule has 1 N–H and O–H groups in total. The largest absolute Gasteiger partial charge is 0.383 e. The fourth-order valence-corrected chi connectivity index (χ4v) is 2.67. The fourth-order valence-electron chi connectivity index (χ4n) is 2.67. The first-order valence-electron chi connectivity index (χ1n) is 6.58. The molecule has 0 radical (unpaired) electrons. The Labute approximate surface area is 103 Å². The topological polar surface area (TPSA) is 44.8 Å². The molecule has 17 heavy (non-hydrogen) atoms. The number of carbonyl (C=O) groups is 1. The molecule has 2 amide bonds. The van der Waals surface area contributed by atoms with Crippen molar-refractivity contribution < 1.29 is 9.53 Å². The van der Waals surface area contributed by atoms with E-state index in [9.17, 15) is 4.79 Å². The van der Waals surface area contributed by atoms with Crippen LogP contribution in [-0.2, 0) is 4.74 Å². The molecule has 2 aliphatic heterocycles. The van der Waals surface area contributed by atoms with Crippen molar-refractivity contribution in [3.05, 3.63) is 0 Å². The second-order valence-corrected chi connectivity index (χ2v) is 4.79. The highest BCUT2D eigenvalue weighted by Gasteiger charge is 2.31. The molecule has 0 aliphatic carbocycles. The van der Waals surface area contributed by atoms with Crippen molar-refractivity contribution in [1.29, 1.82) is 0 Å². The molecule has 0 aromatic heterocycles. The zero-order valence-electron chi connectivity index (χ0n) is 10.7. The zero-order valence-corrected chi connectivity index (χ0v) is 10.7. The van der Waals surface area contributed by atoms with Crippen LogP contribution in [0.4, 0.5) is 4.79 Å². The number of urea groups is 1. The summed E-state index contributed by atoms with van der Waals surface area (Å²) in [6.07, 6.45) is 3.26. The summed E-state index contributed by atoms with van der Waals surface area (Å²) >= 11 is 0. The van der Waals surface area contributed by atoms with Crippen LogP contribution in [-0.4, -0.2) is 68.3 Å². The third kappa shape index (κ3) is 3.10. The maximum Gasteiger partial charge on any atom is 0.320 e. The van der Waals surface area contributed by atoms with Gasteiger partial charge in [0.15, 0.2) is 0 Å². The molecular weight excluding hydrogens is 218 g/mol. The Kier molecular flexibility index (Phi) is 4.62. The van der Waals surface area contributed by atoms with Crippen LogP contribution in [0.2, 0.25) is 0 Å². The Hall–Kier alpha value is -0.810. The summed E-state index contributed by atoms with van der Waals surface area (Å²) in [5.41, 5.74) is 0. The first kappa shape index (κ1) is 12.6. The first-order chi connectivity index (χ1) is 8.33. The molecule has 0 bridgehead atoms. The summed E-state index contributed by atoms with van der Waals surface area (Å²) in [7, 11) is 1.68. The van der Waals surface area contributed by atoms with Gasteiger partial charge in [-0.25, -0.2) is 4.79 Å². The van der Waals surface area contributed by atoms with Gasteiger partial charge in [0.25, 0.3) is 0 Å². The summed E-state index contributed by atoms with van der Waals surface area (Å²) in [5.74, 6) is 0. The lowest BCUT2D eigenvalue weighted by Gasteiger charge is -2.41. The monoisotopic (exact) mass is 241 g/mol. The number of rotatable bonds is 4. The average molecular weight is 241 g/mol. The van der Waals surface area contributed by atoms with Gasteiger partial charge in [-0.05, 0) is 32.4 Å². The molecule has 5 nitrogen and oxygen atoms in total. The van der Waals surface area contributed by atoms with Crippen molar-refractivity contribution in [2.24, 2.45) is 0 Å². The van der Waals surface area contributed by atoms with Gasteiger partial charge >= 0.3 is 6.03 Å². The number of hydrogen-bond donors (Lipinski definition) is 1. The lowest BCUT2D eigenvalue weighted by atomic mass is 10.0. The lowest BCUT2D eigenvalue weighted by Crippen LogP contribution is -2.55. The van der Waals surface area contributed by atoms with E-state index in [0.717, 1.165) is 52.0 Å². The second kappa shape index (κ2) is 6.21. The van der Waals surface area contributed by atoms with Crippen molar-refractivity contribution in [3.63, 3.8) is 0 Å². The van der Waals surface area contributed by atoms with Gasteiger partial charge < -0.3 is 19.9 Å². The molecule has 98 valence electrons. The standard InChI is InChI=1S/C12H23N3O2/c1-17-10-9-14-7-2-8-15(12(14)16)11-3-5-13-6-4-11/h11,13H,2-10H2,1H3. The van der Waals surface area contributed by atoms with Gasteiger partial charge in [-0.2, -0.15) is 0 Å². The van der Waals surface area contributed by atoms with E-state index in [1.165, 1.54) is 0 Å². The number of nitrogens with zero attached hydrogens (tertiary/aromatic N) is 2. The summed E-state index contributed by atoms with van der Waals surface area (Å²) in [6.45, 7) is 5.22. The Morgan fingerprint density at radius 2 is 2.12 bits per heavy atom. The smallest absolute Gasteiger partial charge is 0.320 e. The number of nitrogens with one attached hydrogen (secondary N) is 1. The summed E-state index contributed by atoms with van der Waals surface area (Å²) in [6, 6.07) is 0.647. The Morgan fingerprint density at radius 1 is 1.35 bits per heavy atom. The molecule has 0 aromatic carbocycles. The molecule has 2 rings (SSSR count). The summed E-state index contributed by atoms with van der Waals surface area (Å²) < 4.78 is 5.05. The average Bonchev–Trinajstić information content (AvgIpc) is 2.39. The minimum absolute atomic E-state index is 0.209. The normalized spacial score (nSPS) is 23.2. The van der Waals surface area contributed by atoms with Crippen LogP contribution in [0.3, 0.4) is 0 Å². The number of hydrogen-bond acceptors (Lipinski definition) is 3. The molecule has 2 saturated heterocycles. The van der Waals surface area contributed by atoms with E-state index < -0.39 is 0 Å². The van der Waals surface area contributed by atoms with Crippen molar-refractivity contribution in [2.75, 3.05) is 46.4 Å². The molecule has 2 aliphatic rings. The van der Waals surface area contributed by atoms with Gasteiger partial charge in [0.1, 0.15) is 0 Å². The van der Waals surface area contributed by atoms with Crippen molar-refractivity contribution in [3.8, 4) is 0 Å². The number of carbonyl (C=O) groups excluding carboxylic acids is 1. The first-order valence-corrected chi connectivity index (χ1v) is 6.58. The van der Waals surface area contributed by atoms with E-state index in [-0.39, 0.29) is 6.03 Å². The SMILES string of the molecule is COCCN1CCCN(C2CCNCC2)C1=O. The fraction of sp³-hybridized carbons (Fsp3) is 0.917. The van der Waals surface area contributed by atoms with Crippen LogP contribution < -0.4 is 5.32 Å². The van der Waals surface area contributed by atoms with Crippen LogP contribution in [0.25, 0.3) is 0 Å². The number of piperidine rings is 1. The highest BCUT2D eigenvalue weighted by molar-refractivity contribution is 5.75. The van der Waals surface area contributed by atoms with Crippen LogP contribution >= 0.6 is 0 Å². The molecule has 5 heteroatoms. The van der Waals surface area contributed by atoms with Gasteiger partial charge in [0.05, 0.1) is 6.61 Å². The third-order valence-electron chi connectivity index (χ3n) is 3.66. The molecule has 0 saturated carbocycles. The molecular formula is C12H23N3O2. The molecule has 2 heterocycles. The highest BCUT2D eigenvalue weighted by atomic mass is 16.5. The summed E-state index contributed by atoms with van der Waals surface area (Å²) in [5, 5.41) is 3.34. The maximum atomic E-state index is 12.3. The van der Waals surface area contributed by atoms with Crippen LogP contribution in [0, 0.1) is 0 Å². The molecule has 2 fully saturated rings. The van der Waals surface area contributed by atoms with E-state index in [4.69, 9.17) is 4.74 Å². The van der Waals surface area contributed by atoms with Gasteiger partial charge in [0.2, 0.25) is 0 Å². The van der Waals surface area contributed by atoms with E-state index in [1.54, 1.807) is 7.11 Å². The van der Waals surface area contributed by atoms with Crippen molar-refractivity contribution in [2.45, 2.75) is 25.3 Å². The minimum atomic E-state index is 0.209. The van der Waals surface area contributed by atoms with Crippen LogP contribution in [0.5, 0.6) is 0 Å². The van der Waals surface area contributed by atoms with Crippen LogP contribution in [0.1, 0.15) is 19.3 Å². The van der Waals surface area contributed by atoms with E-state index in [0.29, 0.717) is 12.6 Å². The minimum Gasteiger partial charge on any atom is -0.383 e. The summed E-state index contributed by atoms with van der Waals surface area (Å²) in [4.78, 5) is 16.3. The van der Waals surface area contributed by atoms with Gasteiger partial charge in [-0.1, -0.05) is 0 Å². The second-order valence-electron chi connectivity index (χ2n) is 4.79. The van der Waals surface area contributed by atoms with Gasteiger partial charge in [-0.3, -0.25) is 0 Å². The van der Waals surface area contributed by atoms with Crippen LogP contribution in [0.15, 0.2) is 0 Å². The number of amides is 2. The molecule has 0 aromatic rings. The van der Waals surface area contributed by atoms with Gasteiger partial charge in [-0.15, -0.1) is 0 Å². The van der Waals surface area contributed by atoms with Crippen molar-refractivity contribution >= 4 is 6.03 Å². The quantitative estimate of drug-likeness (QED) is 0.780. The maximum absolute atomic E-state index is 12.3. The Bertz CT molecular complexity index is 254. The molecule has 0 unspecified atom stereocenters. The highest BCUT2D eigenvalue weighted by Crippen LogP contribution is 2.18. The van der Waals surface area contributed by atoms with E-state index in [1.807, 2.05) is 4.90 Å². The van der Waals surface area contributed by atoms with E-state index in [2.05, 4.69) is 10.2 Å². The third-order valence-corrected chi connectivity index (χ3v) is 3.66. The predicted octanol–water partition coefficient (Wildman–Crippen LogP) is 0.513. The van der Waals surface area contributed by atoms with Crippen molar-refractivity contribution in [1.82, 2.24) is 15.1 Å². The number of ether oxygens (including phenoxy) is 1. The molecule has 0 spiro atoms.